The zero-order valence-corrected chi connectivity index (χ0v) is 12.6. The number of nitrogens with two attached hydrogens (primary N) is 1. The second-order valence-corrected chi connectivity index (χ2v) is 6.09. The Balaban J connectivity index is 0.000000204. The lowest BCUT2D eigenvalue weighted by molar-refractivity contribution is 0.247. The summed E-state index contributed by atoms with van der Waals surface area (Å²) in [7, 11) is -4.02. The van der Waals surface area contributed by atoms with Crippen LogP contribution in [0.1, 0.15) is 5.56 Å². The average Bonchev–Trinajstić information content (AvgIpc) is 2.40. The van der Waals surface area contributed by atoms with E-state index in [1.165, 1.54) is 12.1 Å². The van der Waals surface area contributed by atoms with Crippen LogP contribution in [0.5, 0.6) is 0 Å². The molecule has 7 heteroatoms. The van der Waals surface area contributed by atoms with Crippen LogP contribution >= 0.6 is 0 Å². The molecule has 1 aliphatic heterocycles. The van der Waals surface area contributed by atoms with Crippen molar-refractivity contribution in [3.8, 4) is 0 Å². The van der Waals surface area contributed by atoms with Gasteiger partial charge in [0.25, 0.3) is 10.1 Å². The number of nitrogens with zero attached hydrogens (tertiary/aromatic N) is 1. The number of nitrogens with one attached hydrogen (secondary N) is 1. The number of aryl methyl sites for hydroxylation is 1. The van der Waals surface area contributed by atoms with Crippen LogP contribution in [0.2, 0.25) is 0 Å². The fourth-order valence-electron chi connectivity index (χ4n) is 1.83. The molecule has 0 aromatic heterocycles. The quantitative estimate of drug-likeness (QED) is 0.685. The van der Waals surface area contributed by atoms with Crippen molar-refractivity contribution < 1.29 is 13.0 Å². The summed E-state index contributed by atoms with van der Waals surface area (Å²) in [6, 6.07) is 5.99. The number of hydrogen-bond donors (Lipinski definition) is 3. The molecular weight excluding hydrogens is 278 g/mol. The predicted octanol–water partition coefficient (Wildman–Crippen LogP) is 0.0920. The van der Waals surface area contributed by atoms with Gasteiger partial charge in [-0.1, -0.05) is 17.7 Å². The van der Waals surface area contributed by atoms with Crippen molar-refractivity contribution in [2.75, 3.05) is 39.3 Å². The highest BCUT2D eigenvalue weighted by Gasteiger charge is 2.07. The van der Waals surface area contributed by atoms with Gasteiger partial charge in [-0.05, 0) is 19.1 Å². The Morgan fingerprint density at radius 1 is 1.25 bits per heavy atom. The molecule has 114 valence electrons. The molecule has 1 saturated heterocycles. The van der Waals surface area contributed by atoms with Crippen molar-refractivity contribution in [2.24, 2.45) is 5.73 Å². The van der Waals surface area contributed by atoms with Gasteiger partial charge in [-0.3, -0.25) is 9.45 Å². The molecule has 0 saturated carbocycles. The third-order valence-corrected chi connectivity index (χ3v) is 3.84. The lowest BCUT2D eigenvalue weighted by atomic mass is 10.2. The van der Waals surface area contributed by atoms with Crippen molar-refractivity contribution in [3.63, 3.8) is 0 Å². The normalized spacial score (nSPS) is 16.4. The molecule has 0 atom stereocenters. The Morgan fingerprint density at radius 2 is 1.80 bits per heavy atom. The van der Waals surface area contributed by atoms with E-state index in [0.29, 0.717) is 0 Å². The molecule has 4 N–H and O–H groups in total. The molecule has 0 aliphatic carbocycles. The molecule has 1 aromatic rings. The van der Waals surface area contributed by atoms with E-state index in [4.69, 9.17) is 10.3 Å². The smallest absolute Gasteiger partial charge is 0.294 e. The molecule has 0 unspecified atom stereocenters. The number of benzene rings is 1. The largest absolute Gasteiger partial charge is 0.329 e. The summed E-state index contributed by atoms with van der Waals surface area (Å²) in [6.45, 7) is 8.27. The van der Waals surface area contributed by atoms with Crippen LogP contribution in [0.3, 0.4) is 0 Å². The summed E-state index contributed by atoms with van der Waals surface area (Å²) < 4.78 is 29.6. The standard InChI is InChI=1S/C7H8O3S.C6H15N3/c1-6-2-4-7(5-3-6)11(8,9)10;7-1-4-9-5-2-8-3-6-9/h2-5H,1H3,(H,8,9,10);8H,1-7H2. The lowest BCUT2D eigenvalue weighted by Crippen LogP contribution is -2.45. The molecule has 6 nitrogen and oxygen atoms in total. The summed E-state index contributed by atoms with van der Waals surface area (Å²) >= 11 is 0. The Kier molecular flexibility index (Phi) is 7.11. The molecule has 0 amide bonds. The van der Waals surface area contributed by atoms with Crippen molar-refractivity contribution >= 4 is 10.1 Å². The number of hydrogen-bond acceptors (Lipinski definition) is 5. The second kappa shape index (κ2) is 8.33. The van der Waals surface area contributed by atoms with Gasteiger partial charge in [0.05, 0.1) is 4.90 Å². The van der Waals surface area contributed by atoms with Gasteiger partial charge in [-0.15, -0.1) is 0 Å². The van der Waals surface area contributed by atoms with Gasteiger partial charge < -0.3 is 11.1 Å². The first-order chi connectivity index (χ1) is 9.43. The highest BCUT2D eigenvalue weighted by atomic mass is 32.2. The molecule has 0 spiro atoms. The maximum atomic E-state index is 10.5. The van der Waals surface area contributed by atoms with Gasteiger partial charge >= 0.3 is 0 Å². The first-order valence-electron chi connectivity index (χ1n) is 6.61. The Labute approximate surface area is 120 Å². The van der Waals surface area contributed by atoms with Crippen LogP contribution in [0.4, 0.5) is 0 Å². The second-order valence-electron chi connectivity index (χ2n) is 4.67. The van der Waals surface area contributed by atoms with Crippen molar-refractivity contribution in [1.82, 2.24) is 10.2 Å². The van der Waals surface area contributed by atoms with E-state index in [1.54, 1.807) is 12.1 Å². The minimum Gasteiger partial charge on any atom is -0.329 e. The Bertz CT molecular complexity index is 479. The van der Waals surface area contributed by atoms with Crippen LogP contribution in [0.25, 0.3) is 0 Å². The average molecular weight is 301 g/mol. The molecular formula is C13H23N3O3S. The summed E-state index contributed by atoms with van der Waals surface area (Å²) in [6.07, 6.45) is 0. The molecule has 1 aliphatic rings. The van der Waals surface area contributed by atoms with Gasteiger partial charge in [-0.25, -0.2) is 0 Å². The fourth-order valence-corrected chi connectivity index (χ4v) is 2.31. The van der Waals surface area contributed by atoms with Gasteiger partial charge in [0, 0.05) is 39.3 Å². The minimum atomic E-state index is -4.02. The van der Waals surface area contributed by atoms with E-state index in [0.717, 1.165) is 44.8 Å². The SMILES string of the molecule is Cc1ccc(S(=O)(=O)O)cc1.NCCN1CCNCC1. The third kappa shape index (κ3) is 6.44. The monoisotopic (exact) mass is 301 g/mol. The van der Waals surface area contributed by atoms with Gasteiger partial charge in [0.2, 0.25) is 0 Å². The summed E-state index contributed by atoms with van der Waals surface area (Å²) in [5.74, 6) is 0. The lowest BCUT2D eigenvalue weighted by Gasteiger charge is -2.26. The van der Waals surface area contributed by atoms with Crippen LogP contribution in [-0.4, -0.2) is 57.1 Å². The highest BCUT2D eigenvalue weighted by Crippen LogP contribution is 2.08. The highest BCUT2D eigenvalue weighted by molar-refractivity contribution is 7.85. The molecule has 0 radical (unpaired) electrons. The third-order valence-electron chi connectivity index (χ3n) is 2.97. The zero-order valence-electron chi connectivity index (χ0n) is 11.7. The van der Waals surface area contributed by atoms with Crippen molar-refractivity contribution in [1.29, 1.82) is 0 Å². The summed E-state index contributed by atoms with van der Waals surface area (Å²) in [5.41, 5.74) is 6.35. The molecule has 1 aromatic carbocycles. The summed E-state index contributed by atoms with van der Waals surface area (Å²) in [5, 5.41) is 3.29. The number of rotatable bonds is 3. The Hall–Kier alpha value is -0.990. The van der Waals surface area contributed by atoms with Crippen molar-refractivity contribution in [2.45, 2.75) is 11.8 Å². The van der Waals surface area contributed by atoms with Crippen LogP contribution in [-0.2, 0) is 10.1 Å². The summed E-state index contributed by atoms with van der Waals surface area (Å²) in [4.78, 5) is 2.32. The van der Waals surface area contributed by atoms with Crippen molar-refractivity contribution in [3.05, 3.63) is 29.8 Å². The molecule has 20 heavy (non-hydrogen) atoms. The maximum Gasteiger partial charge on any atom is 0.294 e. The van der Waals surface area contributed by atoms with E-state index in [9.17, 15) is 8.42 Å². The van der Waals surface area contributed by atoms with Gasteiger partial charge in [0.15, 0.2) is 0 Å². The van der Waals surface area contributed by atoms with E-state index >= 15 is 0 Å². The molecule has 1 heterocycles. The van der Waals surface area contributed by atoms with E-state index in [-0.39, 0.29) is 4.90 Å². The minimum absolute atomic E-state index is 0.0666. The number of piperazine rings is 1. The molecule has 2 rings (SSSR count). The van der Waals surface area contributed by atoms with E-state index < -0.39 is 10.1 Å². The van der Waals surface area contributed by atoms with Gasteiger partial charge in [-0.2, -0.15) is 8.42 Å². The first-order valence-corrected chi connectivity index (χ1v) is 8.05. The zero-order chi connectivity index (χ0) is 15.0. The van der Waals surface area contributed by atoms with Crippen LogP contribution in [0.15, 0.2) is 29.2 Å². The Morgan fingerprint density at radius 3 is 2.25 bits per heavy atom. The molecule has 1 fully saturated rings. The predicted molar refractivity (Wildman–Crippen MR) is 79.4 cm³/mol. The molecule has 0 bridgehead atoms. The maximum absolute atomic E-state index is 10.5. The topological polar surface area (TPSA) is 95.7 Å². The van der Waals surface area contributed by atoms with Crippen LogP contribution < -0.4 is 11.1 Å². The van der Waals surface area contributed by atoms with E-state index in [2.05, 4.69) is 10.2 Å². The van der Waals surface area contributed by atoms with Gasteiger partial charge in [0.1, 0.15) is 0 Å². The van der Waals surface area contributed by atoms with E-state index in [1.807, 2.05) is 6.92 Å². The first kappa shape index (κ1) is 17.1. The fraction of sp³-hybridized carbons (Fsp3) is 0.538. The van der Waals surface area contributed by atoms with Crippen LogP contribution in [0, 0.1) is 6.92 Å².